The number of carbonyl (C=O) groups excluding carboxylic acids is 1. The number of fused-ring (bicyclic) bond motifs is 1. The first-order valence-electron chi connectivity index (χ1n) is 3.56. The van der Waals surface area contributed by atoms with Gasteiger partial charge in [0.1, 0.15) is 5.69 Å². The molecule has 2 aromatic rings. The Morgan fingerprint density at radius 1 is 1.54 bits per heavy atom. The van der Waals surface area contributed by atoms with E-state index in [2.05, 4.69) is 31.0 Å². The van der Waals surface area contributed by atoms with Crippen LogP contribution in [0.1, 0.15) is 16.2 Å². The molecular formula is C7H5BrN4O. The van der Waals surface area contributed by atoms with E-state index in [1.165, 1.54) is 0 Å². The van der Waals surface area contributed by atoms with Gasteiger partial charge in [0.05, 0.1) is 0 Å². The molecule has 5 nitrogen and oxygen atoms in total. The van der Waals surface area contributed by atoms with E-state index >= 15 is 0 Å². The normalized spacial score (nSPS) is 10.6. The summed E-state index contributed by atoms with van der Waals surface area (Å²) in [6.07, 6.45) is 0.690. The fourth-order valence-electron chi connectivity index (χ4n) is 1.07. The SMILES string of the molecule is Cc1cc(C=O)nc2nc(Br)nn12. The molecule has 2 aromatic heterocycles. The average molecular weight is 241 g/mol. The van der Waals surface area contributed by atoms with Crippen LogP contribution in [0.25, 0.3) is 5.78 Å². The minimum Gasteiger partial charge on any atom is -0.296 e. The zero-order valence-corrected chi connectivity index (χ0v) is 8.32. The van der Waals surface area contributed by atoms with Gasteiger partial charge in [0.15, 0.2) is 6.29 Å². The van der Waals surface area contributed by atoms with Crippen LogP contribution in [0, 0.1) is 6.92 Å². The van der Waals surface area contributed by atoms with Gasteiger partial charge < -0.3 is 0 Å². The molecule has 0 N–H and O–H groups in total. The first kappa shape index (κ1) is 8.31. The third kappa shape index (κ3) is 1.33. The van der Waals surface area contributed by atoms with Crippen LogP contribution in [0.4, 0.5) is 0 Å². The van der Waals surface area contributed by atoms with Crippen LogP contribution in [0.5, 0.6) is 0 Å². The van der Waals surface area contributed by atoms with Gasteiger partial charge in [0.25, 0.3) is 5.78 Å². The van der Waals surface area contributed by atoms with E-state index < -0.39 is 0 Å². The molecule has 0 unspecified atom stereocenters. The Balaban J connectivity index is 2.82. The van der Waals surface area contributed by atoms with Crippen molar-refractivity contribution in [3.63, 3.8) is 0 Å². The van der Waals surface area contributed by atoms with Gasteiger partial charge >= 0.3 is 0 Å². The molecule has 0 aliphatic heterocycles. The molecule has 66 valence electrons. The van der Waals surface area contributed by atoms with Crippen LogP contribution >= 0.6 is 15.9 Å². The number of rotatable bonds is 1. The smallest absolute Gasteiger partial charge is 0.254 e. The molecule has 0 radical (unpaired) electrons. The van der Waals surface area contributed by atoms with Crippen LogP contribution in [0.15, 0.2) is 10.8 Å². The van der Waals surface area contributed by atoms with Gasteiger partial charge in [-0.15, -0.1) is 5.10 Å². The first-order valence-corrected chi connectivity index (χ1v) is 4.35. The van der Waals surface area contributed by atoms with E-state index in [1.807, 2.05) is 6.92 Å². The molecular weight excluding hydrogens is 236 g/mol. The monoisotopic (exact) mass is 240 g/mol. The average Bonchev–Trinajstić information content (AvgIpc) is 2.46. The summed E-state index contributed by atoms with van der Waals surface area (Å²) in [6, 6.07) is 1.65. The molecule has 6 heteroatoms. The standard InChI is InChI=1S/C7H5BrN4O/c1-4-2-5(3-13)9-7-10-6(8)11-12(4)7/h2-3H,1H3. The van der Waals surface area contributed by atoms with Crippen molar-refractivity contribution in [1.82, 2.24) is 19.6 Å². The minimum atomic E-state index is 0.366. The molecule has 0 saturated carbocycles. The number of hydrogen-bond acceptors (Lipinski definition) is 4. The number of aryl methyl sites for hydroxylation is 1. The lowest BCUT2D eigenvalue weighted by atomic mass is 10.3. The van der Waals surface area contributed by atoms with E-state index in [4.69, 9.17) is 0 Å². The summed E-state index contributed by atoms with van der Waals surface area (Å²) in [5, 5.41) is 4.03. The molecule has 13 heavy (non-hydrogen) atoms. The van der Waals surface area contributed by atoms with Crippen LogP contribution in [0.2, 0.25) is 0 Å². The number of aldehydes is 1. The van der Waals surface area contributed by atoms with Crippen LogP contribution in [0.3, 0.4) is 0 Å². The predicted octanol–water partition coefficient (Wildman–Crippen LogP) is 1.01. The molecule has 0 spiro atoms. The maximum atomic E-state index is 10.5. The highest BCUT2D eigenvalue weighted by Gasteiger charge is 2.05. The second kappa shape index (κ2) is 2.88. The Morgan fingerprint density at radius 3 is 3.00 bits per heavy atom. The summed E-state index contributed by atoms with van der Waals surface area (Å²) in [5.41, 5.74) is 1.19. The molecule has 2 heterocycles. The number of nitrogens with zero attached hydrogens (tertiary/aromatic N) is 4. The Bertz CT molecular complexity index is 479. The molecule has 0 bridgehead atoms. The molecule has 2 rings (SSSR count). The minimum absolute atomic E-state index is 0.366. The molecule has 0 fully saturated rings. The number of carbonyl (C=O) groups is 1. The van der Waals surface area contributed by atoms with Gasteiger partial charge in [-0.2, -0.15) is 4.98 Å². The van der Waals surface area contributed by atoms with Gasteiger partial charge in [-0.05, 0) is 28.9 Å². The van der Waals surface area contributed by atoms with Crippen LogP contribution in [-0.2, 0) is 0 Å². The van der Waals surface area contributed by atoms with Crippen molar-refractivity contribution in [3.05, 3.63) is 22.2 Å². The van der Waals surface area contributed by atoms with Gasteiger partial charge in [-0.25, -0.2) is 9.50 Å². The molecule has 0 aliphatic rings. The summed E-state index contributed by atoms with van der Waals surface area (Å²) >= 11 is 3.13. The van der Waals surface area contributed by atoms with Gasteiger partial charge in [0.2, 0.25) is 4.73 Å². The Kier molecular flexibility index (Phi) is 1.84. The summed E-state index contributed by atoms with van der Waals surface area (Å²) in [7, 11) is 0. The maximum absolute atomic E-state index is 10.5. The lowest BCUT2D eigenvalue weighted by molar-refractivity contribution is 0.111. The number of hydrogen-bond donors (Lipinski definition) is 0. The van der Waals surface area contributed by atoms with E-state index in [0.717, 1.165) is 5.69 Å². The molecule has 0 amide bonds. The van der Waals surface area contributed by atoms with E-state index in [0.29, 0.717) is 22.5 Å². The highest BCUT2D eigenvalue weighted by molar-refractivity contribution is 9.10. The largest absolute Gasteiger partial charge is 0.296 e. The summed E-state index contributed by atoms with van der Waals surface area (Å²) in [4.78, 5) is 18.4. The van der Waals surface area contributed by atoms with Crippen molar-refractivity contribution >= 4 is 28.0 Å². The Labute approximate surface area is 81.9 Å². The first-order chi connectivity index (χ1) is 6.20. The van der Waals surface area contributed by atoms with E-state index in [1.54, 1.807) is 10.6 Å². The van der Waals surface area contributed by atoms with Gasteiger partial charge in [-0.3, -0.25) is 4.79 Å². The Morgan fingerprint density at radius 2 is 2.31 bits per heavy atom. The van der Waals surface area contributed by atoms with Crippen LogP contribution < -0.4 is 0 Å². The predicted molar refractivity (Wildman–Crippen MR) is 48.6 cm³/mol. The van der Waals surface area contributed by atoms with Gasteiger partial charge in [0, 0.05) is 5.69 Å². The molecule has 0 atom stereocenters. The number of halogens is 1. The third-order valence-corrected chi connectivity index (χ3v) is 1.94. The van der Waals surface area contributed by atoms with Crippen molar-refractivity contribution in [3.8, 4) is 0 Å². The highest BCUT2D eigenvalue weighted by Crippen LogP contribution is 2.07. The van der Waals surface area contributed by atoms with Crippen molar-refractivity contribution < 1.29 is 4.79 Å². The van der Waals surface area contributed by atoms with Crippen molar-refractivity contribution in [2.24, 2.45) is 0 Å². The molecule has 0 aliphatic carbocycles. The summed E-state index contributed by atoms with van der Waals surface area (Å²) in [5.74, 6) is 0.425. The lowest BCUT2D eigenvalue weighted by Crippen LogP contribution is -1.99. The molecule has 0 aromatic carbocycles. The maximum Gasteiger partial charge on any atom is 0.254 e. The fraction of sp³-hybridized carbons (Fsp3) is 0.143. The summed E-state index contributed by atoms with van der Waals surface area (Å²) in [6.45, 7) is 1.84. The van der Waals surface area contributed by atoms with Crippen molar-refractivity contribution in [2.75, 3.05) is 0 Å². The Hall–Kier alpha value is -1.30. The van der Waals surface area contributed by atoms with Crippen LogP contribution in [-0.4, -0.2) is 25.9 Å². The highest BCUT2D eigenvalue weighted by atomic mass is 79.9. The van der Waals surface area contributed by atoms with E-state index in [9.17, 15) is 4.79 Å². The zero-order chi connectivity index (χ0) is 9.42. The van der Waals surface area contributed by atoms with Crippen molar-refractivity contribution in [1.29, 1.82) is 0 Å². The second-order valence-electron chi connectivity index (χ2n) is 2.53. The lowest BCUT2D eigenvalue weighted by Gasteiger charge is -1.96. The third-order valence-electron chi connectivity index (χ3n) is 1.60. The fourth-order valence-corrected chi connectivity index (χ4v) is 1.39. The number of aromatic nitrogens is 4. The topological polar surface area (TPSA) is 60.2 Å². The summed E-state index contributed by atoms with van der Waals surface area (Å²) < 4.78 is 2.03. The quantitative estimate of drug-likeness (QED) is 0.699. The van der Waals surface area contributed by atoms with Gasteiger partial charge in [-0.1, -0.05) is 0 Å². The molecule has 0 saturated heterocycles. The van der Waals surface area contributed by atoms with E-state index in [-0.39, 0.29) is 0 Å². The zero-order valence-electron chi connectivity index (χ0n) is 6.73. The second-order valence-corrected chi connectivity index (χ2v) is 3.24. The van der Waals surface area contributed by atoms with Crippen molar-refractivity contribution in [2.45, 2.75) is 6.92 Å².